The van der Waals surface area contributed by atoms with E-state index >= 15 is 0 Å². The van der Waals surface area contributed by atoms with E-state index in [1.165, 1.54) is 24.4 Å². The fourth-order valence-electron chi connectivity index (χ4n) is 2.97. The highest BCUT2D eigenvalue weighted by Gasteiger charge is 2.15. The molecule has 0 aliphatic rings. The van der Waals surface area contributed by atoms with Gasteiger partial charge < -0.3 is 13.6 Å². The molecule has 7 nitrogen and oxygen atoms in total. The zero-order chi connectivity index (χ0) is 19.7. The van der Waals surface area contributed by atoms with Crippen molar-refractivity contribution in [3.8, 4) is 11.5 Å². The number of aryl methyl sites for hydroxylation is 2. The molecular formula is C20H18N4O3S. The zero-order valence-electron chi connectivity index (χ0n) is 15.7. The molecule has 0 aliphatic heterocycles. The lowest BCUT2D eigenvalue weighted by Gasteiger charge is -2.01. The summed E-state index contributed by atoms with van der Waals surface area (Å²) in [6.07, 6.45) is 3.71. The van der Waals surface area contributed by atoms with Crippen LogP contribution in [-0.2, 0) is 10.5 Å². The Balaban J connectivity index is 1.52. The molecule has 3 aromatic heterocycles. The van der Waals surface area contributed by atoms with Crippen LogP contribution in [0.5, 0.6) is 0 Å². The Morgan fingerprint density at radius 2 is 2.11 bits per heavy atom. The summed E-state index contributed by atoms with van der Waals surface area (Å²) in [5.41, 5.74) is 5.00. The van der Waals surface area contributed by atoms with E-state index in [1.54, 1.807) is 16.5 Å². The molecule has 3 heterocycles. The minimum atomic E-state index is -0.412. The van der Waals surface area contributed by atoms with Crippen LogP contribution < -0.4 is 0 Å². The normalized spacial score (nSPS) is 11.1. The predicted octanol–water partition coefficient (Wildman–Crippen LogP) is 4.08. The highest BCUT2D eigenvalue weighted by atomic mass is 32.2. The third kappa shape index (κ3) is 3.50. The largest absolute Gasteiger partial charge is 0.465 e. The van der Waals surface area contributed by atoms with Crippen LogP contribution in [0.3, 0.4) is 0 Å². The quantitative estimate of drug-likeness (QED) is 0.372. The highest BCUT2D eigenvalue weighted by molar-refractivity contribution is 7.98. The van der Waals surface area contributed by atoms with E-state index in [0.717, 1.165) is 16.8 Å². The number of ether oxygens (including phenoxy) is 1. The average molecular weight is 394 g/mol. The van der Waals surface area contributed by atoms with Crippen molar-refractivity contribution < 1.29 is 13.9 Å². The van der Waals surface area contributed by atoms with Gasteiger partial charge in [0.1, 0.15) is 5.56 Å². The number of hydrogen-bond acceptors (Lipinski definition) is 7. The molecule has 1 aromatic carbocycles. The van der Waals surface area contributed by atoms with Crippen molar-refractivity contribution in [2.24, 2.45) is 0 Å². The predicted molar refractivity (Wildman–Crippen MR) is 105 cm³/mol. The first-order valence-corrected chi connectivity index (χ1v) is 9.62. The summed E-state index contributed by atoms with van der Waals surface area (Å²) in [5.74, 6) is 0.630. The van der Waals surface area contributed by atoms with Crippen LogP contribution in [0.1, 0.15) is 27.2 Å². The molecule has 0 amide bonds. The van der Waals surface area contributed by atoms with E-state index in [1.807, 2.05) is 38.4 Å². The van der Waals surface area contributed by atoms with Crippen molar-refractivity contribution in [1.29, 1.82) is 0 Å². The highest BCUT2D eigenvalue weighted by Crippen LogP contribution is 2.28. The van der Waals surface area contributed by atoms with E-state index < -0.39 is 5.97 Å². The van der Waals surface area contributed by atoms with E-state index in [9.17, 15) is 4.79 Å². The maximum absolute atomic E-state index is 11.9. The number of rotatable bonds is 5. The maximum Gasteiger partial charge on any atom is 0.341 e. The third-order valence-electron chi connectivity index (χ3n) is 4.30. The molecule has 0 radical (unpaired) electrons. The van der Waals surface area contributed by atoms with Gasteiger partial charge in [0, 0.05) is 23.7 Å². The Bertz CT molecular complexity index is 1170. The van der Waals surface area contributed by atoms with Crippen molar-refractivity contribution in [2.45, 2.75) is 24.8 Å². The molecular weight excluding hydrogens is 376 g/mol. The lowest BCUT2D eigenvalue weighted by atomic mass is 10.1. The van der Waals surface area contributed by atoms with Crippen LogP contribution in [0.15, 0.2) is 52.4 Å². The molecule has 142 valence electrons. The number of fused-ring (bicyclic) bond motifs is 1. The Labute approximate surface area is 165 Å². The fourth-order valence-corrected chi connectivity index (χ4v) is 3.62. The number of pyridine rings is 1. The number of methoxy groups -OCH3 is 1. The molecule has 0 saturated heterocycles. The van der Waals surface area contributed by atoms with Gasteiger partial charge in [-0.15, -0.1) is 10.2 Å². The van der Waals surface area contributed by atoms with Gasteiger partial charge in [0.25, 0.3) is 5.22 Å². The van der Waals surface area contributed by atoms with E-state index in [0.29, 0.717) is 28.1 Å². The summed E-state index contributed by atoms with van der Waals surface area (Å²) in [5, 5.41) is 8.75. The summed E-state index contributed by atoms with van der Waals surface area (Å²) in [7, 11) is 1.36. The van der Waals surface area contributed by atoms with Crippen LogP contribution in [-0.4, -0.2) is 32.7 Å². The van der Waals surface area contributed by atoms with Gasteiger partial charge in [0.2, 0.25) is 5.89 Å². The Morgan fingerprint density at radius 1 is 1.25 bits per heavy atom. The second kappa shape index (κ2) is 7.47. The molecule has 0 aliphatic carbocycles. The third-order valence-corrected chi connectivity index (χ3v) is 5.15. The standard InChI is InChI=1S/C20H18N4O3S/c1-12-6-7-15(13(2)9-12)18-22-23-20(27-18)28-11-14-10-24-8-4-5-16(17(24)21-14)19(25)26-3/h4-10H,11H2,1-3H3. The SMILES string of the molecule is COC(=O)c1cccn2cc(CSc3nnc(-c4ccc(C)cc4C)o3)nc12. The molecule has 8 heteroatoms. The van der Waals surface area contributed by atoms with Crippen LogP contribution in [0.2, 0.25) is 0 Å². The lowest BCUT2D eigenvalue weighted by Crippen LogP contribution is -2.03. The van der Waals surface area contributed by atoms with Gasteiger partial charge in [0.05, 0.1) is 12.8 Å². The molecule has 4 aromatic rings. The molecule has 28 heavy (non-hydrogen) atoms. The topological polar surface area (TPSA) is 82.5 Å². The van der Waals surface area contributed by atoms with Crippen molar-refractivity contribution in [1.82, 2.24) is 19.6 Å². The molecule has 0 atom stereocenters. The number of hydrogen-bond donors (Lipinski definition) is 0. The number of imidazole rings is 1. The summed E-state index contributed by atoms with van der Waals surface area (Å²) in [6, 6.07) is 9.57. The van der Waals surface area contributed by atoms with Gasteiger partial charge in [-0.3, -0.25) is 0 Å². The Kier molecular flexibility index (Phi) is 4.87. The van der Waals surface area contributed by atoms with Crippen LogP contribution in [0.4, 0.5) is 0 Å². The van der Waals surface area contributed by atoms with Gasteiger partial charge in [0.15, 0.2) is 5.65 Å². The minimum Gasteiger partial charge on any atom is -0.465 e. The second-order valence-corrected chi connectivity index (χ2v) is 7.28. The van der Waals surface area contributed by atoms with Gasteiger partial charge in [-0.05, 0) is 37.6 Å². The Morgan fingerprint density at radius 3 is 2.89 bits per heavy atom. The first kappa shape index (κ1) is 18.2. The first-order chi connectivity index (χ1) is 13.5. The van der Waals surface area contributed by atoms with Gasteiger partial charge >= 0.3 is 5.97 Å². The van der Waals surface area contributed by atoms with E-state index in [-0.39, 0.29) is 0 Å². The van der Waals surface area contributed by atoms with Crippen LogP contribution in [0.25, 0.3) is 17.1 Å². The number of benzene rings is 1. The second-order valence-electron chi connectivity index (χ2n) is 6.36. The molecule has 4 rings (SSSR count). The number of esters is 1. The molecule has 0 bridgehead atoms. The average Bonchev–Trinajstić information content (AvgIpc) is 3.32. The van der Waals surface area contributed by atoms with Crippen LogP contribution in [0, 0.1) is 13.8 Å². The molecule has 0 saturated carbocycles. The van der Waals surface area contributed by atoms with Gasteiger partial charge in [-0.1, -0.05) is 29.5 Å². The maximum atomic E-state index is 11.9. The van der Waals surface area contributed by atoms with E-state index in [4.69, 9.17) is 9.15 Å². The Hall–Kier alpha value is -3.13. The molecule has 0 spiro atoms. The summed E-state index contributed by atoms with van der Waals surface area (Å²) >= 11 is 1.40. The summed E-state index contributed by atoms with van der Waals surface area (Å²) in [4.78, 5) is 16.4. The van der Waals surface area contributed by atoms with Gasteiger partial charge in [-0.2, -0.15) is 0 Å². The number of carbonyl (C=O) groups is 1. The fraction of sp³-hybridized carbons (Fsp3) is 0.200. The van der Waals surface area contributed by atoms with Crippen molar-refractivity contribution in [3.05, 3.63) is 65.1 Å². The lowest BCUT2D eigenvalue weighted by molar-refractivity contribution is 0.0602. The smallest absolute Gasteiger partial charge is 0.341 e. The van der Waals surface area contributed by atoms with E-state index in [2.05, 4.69) is 21.2 Å². The summed E-state index contributed by atoms with van der Waals surface area (Å²) < 4.78 is 12.4. The summed E-state index contributed by atoms with van der Waals surface area (Å²) in [6.45, 7) is 4.07. The van der Waals surface area contributed by atoms with Crippen molar-refractivity contribution >= 4 is 23.4 Å². The number of thioether (sulfide) groups is 1. The van der Waals surface area contributed by atoms with Crippen molar-refractivity contribution in [2.75, 3.05) is 7.11 Å². The monoisotopic (exact) mass is 394 g/mol. The number of carbonyl (C=O) groups excluding carboxylic acids is 1. The zero-order valence-corrected chi connectivity index (χ0v) is 16.5. The molecule has 0 N–H and O–H groups in total. The number of nitrogens with zero attached hydrogens (tertiary/aromatic N) is 4. The number of aromatic nitrogens is 4. The molecule has 0 fully saturated rings. The van der Waals surface area contributed by atoms with Crippen molar-refractivity contribution in [3.63, 3.8) is 0 Å². The van der Waals surface area contributed by atoms with Gasteiger partial charge in [-0.25, -0.2) is 9.78 Å². The minimum absolute atomic E-state index is 0.412. The molecule has 0 unspecified atom stereocenters. The van der Waals surface area contributed by atoms with Crippen LogP contribution >= 0.6 is 11.8 Å². The first-order valence-electron chi connectivity index (χ1n) is 8.64.